The van der Waals surface area contributed by atoms with Crippen LogP contribution in [-0.2, 0) is 6.54 Å². The Labute approximate surface area is 166 Å². The normalized spacial score (nSPS) is 10.8. The molecular formula is C23H26N4O. The van der Waals surface area contributed by atoms with Crippen LogP contribution in [0.25, 0.3) is 0 Å². The molecule has 0 saturated heterocycles. The summed E-state index contributed by atoms with van der Waals surface area (Å²) >= 11 is 0. The fraction of sp³-hybridized carbons (Fsp3) is 0.261. The second-order valence-electron chi connectivity index (χ2n) is 7.16. The number of carbonyl (C=O) groups is 1. The molecule has 5 heteroatoms. The lowest BCUT2D eigenvalue weighted by atomic mass is 10.0. The molecule has 0 spiro atoms. The van der Waals surface area contributed by atoms with Gasteiger partial charge in [-0.3, -0.25) is 4.79 Å². The van der Waals surface area contributed by atoms with Gasteiger partial charge in [0.25, 0.3) is 5.91 Å². The quantitative estimate of drug-likeness (QED) is 0.631. The number of aromatic nitrogens is 2. The molecule has 28 heavy (non-hydrogen) atoms. The zero-order valence-corrected chi connectivity index (χ0v) is 16.8. The van der Waals surface area contributed by atoms with Crippen molar-refractivity contribution in [3.05, 3.63) is 82.8 Å². The van der Waals surface area contributed by atoms with E-state index < -0.39 is 0 Å². The summed E-state index contributed by atoms with van der Waals surface area (Å²) in [6.07, 6.45) is 0. The van der Waals surface area contributed by atoms with Gasteiger partial charge < -0.3 is 10.6 Å². The van der Waals surface area contributed by atoms with Crippen molar-refractivity contribution in [2.45, 2.75) is 40.2 Å². The summed E-state index contributed by atoms with van der Waals surface area (Å²) in [5.41, 5.74) is 4.66. The van der Waals surface area contributed by atoms with E-state index in [9.17, 15) is 4.79 Å². The number of hydrogen-bond acceptors (Lipinski definition) is 4. The van der Waals surface area contributed by atoms with Gasteiger partial charge in [0.1, 0.15) is 17.3 Å². The Hall–Kier alpha value is -3.21. The Bertz CT molecular complexity index is 982. The molecule has 0 atom stereocenters. The fourth-order valence-corrected chi connectivity index (χ4v) is 3.07. The first-order valence-corrected chi connectivity index (χ1v) is 9.48. The van der Waals surface area contributed by atoms with E-state index in [2.05, 4.69) is 53.5 Å². The van der Waals surface area contributed by atoms with Gasteiger partial charge in [-0.15, -0.1) is 0 Å². The summed E-state index contributed by atoms with van der Waals surface area (Å²) in [6, 6.07) is 17.7. The highest BCUT2D eigenvalue weighted by molar-refractivity contribution is 6.03. The molecular weight excluding hydrogens is 348 g/mol. The van der Waals surface area contributed by atoms with Crippen LogP contribution in [0.4, 0.5) is 11.5 Å². The molecule has 1 amide bonds. The standard InChI is InChI=1S/C23H26N4O/c1-15(2)19-11-7-8-12-20(19)27-23(28)21-13-22(26-17(4)25-21)24-14-18-10-6-5-9-16(18)3/h5-13,15H,14H2,1-4H3,(H,27,28)(H,24,25,26). The fourth-order valence-electron chi connectivity index (χ4n) is 3.07. The number of para-hydroxylation sites is 1. The molecule has 5 nitrogen and oxygen atoms in total. The second-order valence-corrected chi connectivity index (χ2v) is 7.16. The Kier molecular flexibility index (Phi) is 6.04. The van der Waals surface area contributed by atoms with Crippen LogP contribution in [0.15, 0.2) is 54.6 Å². The molecule has 0 aliphatic carbocycles. The van der Waals surface area contributed by atoms with Crippen LogP contribution in [0.3, 0.4) is 0 Å². The van der Waals surface area contributed by atoms with Crippen molar-refractivity contribution in [3.63, 3.8) is 0 Å². The van der Waals surface area contributed by atoms with E-state index in [0.29, 0.717) is 29.8 Å². The zero-order chi connectivity index (χ0) is 20.1. The molecule has 0 unspecified atom stereocenters. The Morgan fingerprint density at radius 2 is 1.71 bits per heavy atom. The lowest BCUT2D eigenvalue weighted by Crippen LogP contribution is -2.17. The van der Waals surface area contributed by atoms with Crippen molar-refractivity contribution < 1.29 is 4.79 Å². The minimum absolute atomic E-state index is 0.238. The maximum atomic E-state index is 12.8. The topological polar surface area (TPSA) is 66.9 Å². The number of carbonyl (C=O) groups excluding carboxylic acids is 1. The van der Waals surface area contributed by atoms with E-state index in [1.165, 1.54) is 11.1 Å². The number of benzene rings is 2. The lowest BCUT2D eigenvalue weighted by molar-refractivity contribution is 0.102. The van der Waals surface area contributed by atoms with Crippen molar-refractivity contribution in [2.24, 2.45) is 0 Å². The third-order valence-corrected chi connectivity index (χ3v) is 4.62. The molecule has 2 aromatic carbocycles. The smallest absolute Gasteiger partial charge is 0.274 e. The zero-order valence-electron chi connectivity index (χ0n) is 16.8. The molecule has 0 aliphatic heterocycles. The molecule has 2 N–H and O–H groups in total. The van der Waals surface area contributed by atoms with Crippen molar-refractivity contribution in [1.29, 1.82) is 0 Å². The van der Waals surface area contributed by atoms with Crippen LogP contribution in [-0.4, -0.2) is 15.9 Å². The molecule has 0 bridgehead atoms. The first-order chi connectivity index (χ1) is 13.4. The highest BCUT2D eigenvalue weighted by Crippen LogP contribution is 2.24. The number of hydrogen-bond donors (Lipinski definition) is 2. The van der Waals surface area contributed by atoms with Gasteiger partial charge in [0, 0.05) is 18.3 Å². The third kappa shape index (κ3) is 4.74. The lowest BCUT2D eigenvalue weighted by Gasteiger charge is -2.14. The third-order valence-electron chi connectivity index (χ3n) is 4.62. The Balaban J connectivity index is 1.77. The van der Waals surface area contributed by atoms with Gasteiger partial charge in [0.2, 0.25) is 0 Å². The van der Waals surface area contributed by atoms with Crippen molar-refractivity contribution in [1.82, 2.24) is 9.97 Å². The molecule has 0 saturated carbocycles. The van der Waals surface area contributed by atoms with E-state index >= 15 is 0 Å². The number of nitrogens with one attached hydrogen (secondary N) is 2. The number of nitrogens with zero attached hydrogens (tertiary/aromatic N) is 2. The molecule has 1 aromatic heterocycles. The van der Waals surface area contributed by atoms with Gasteiger partial charge in [0.05, 0.1) is 0 Å². The first kappa shape index (κ1) is 19.5. The molecule has 0 fully saturated rings. The van der Waals surface area contributed by atoms with Crippen molar-refractivity contribution in [2.75, 3.05) is 10.6 Å². The average molecular weight is 374 g/mol. The van der Waals surface area contributed by atoms with E-state index in [0.717, 1.165) is 11.3 Å². The minimum Gasteiger partial charge on any atom is -0.366 e. The minimum atomic E-state index is -0.238. The van der Waals surface area contributed by atoms with Crippen molar-refractivity contribution >= 4 is 17.4 Å². The van der Waals surface area contributed by atoms with E-state index in [1.54, 1.807) is 13.0 Å². The number of amides is 1. The van der Waals surface area contributed by atoms with Crippen LogP contribution in [0.2, 0.25) is 0 Å². The first-order valence-electron chi connectivity index (χ1n) is 9.48. The van der Waals surface area contributed by atoms with Crippen LogP contribution >= 0.6 is 0 Å². The van der Waals surface area contributed by atoms with Crippen LogP contribution in [0.5, 0.6) is 0 Å². The summed E-state index contributed by atoms with van der Waals surface area (Å²) in [7, 11) is 0. The molecule has 3 aromatic rings. The van der Waals surface area contributed by atoms with Gasteiger partial charge in [-0.25, -0.2) is 9.97 Å². The number of anilines is 2. The summed E-state index contributed by atoms with van der Waals surface area (Å²) in [4.78, 5) is 21.5. The molecule has 1 heterocycles. The molecule has 0 radical (unpaired) electrons. The van der Waals surface area contributed by atoms with Gasteiger partial charge in [-0.1, -0.05) is 56.3 Å². The maximum Gasteiger partial charge on any atom is 0.274 e. The number of aryl methyl sites for hydroxylation is 2. The van der Waals surface area contributed by atoms with E-state index in [4.69, 9.17) is 0 Å². The Morgan fingerprint density at radius 3 is 2.46 bits per heavy atom. The van der Waals surface area contributed by atoms with Gasteiger partial charge in [0.15, 0.2) is 0 Å². The highest BCUT2D eigenvalue weighted by atomic mass is 16.1. The van der Waals surface area contributed by atoms with Crippen LogP contribution in [0.1, 0.15) is 52.8 Å². The van der Waals surface area contributed by atoms with Gasteiger partial charge >= 0.3 is 0 Å². The summed E-state index contributed by atoms with van der Waals surface area (Å²) in [6.45, 7) is 8.71. The van der Waals surface area contributed by atoms with Gasteiger partial charge in [-0.05, 0) is 42.5 Å². The largest absolute Gasteiger partial charge is 0.366 e. The average Bonchev–Trinajstić information content (AvgIpc) is 2.67. The van der Waals surface area contributed by atoms with Gasteiger partial charge in [-0.2, -0.15) is 0 Å². The van der Waals surface area contributed by atoms with Crippen molar-refractivity contribution in [3.8, 4) is 0 Å². The molecule has 3 rings (SSSR count). The number of rotatable bonds is 6. The predicted molar refractivity (Wildman–Crippen MR) is 114 cm³/mol. The van der Waals surface area contributed by atoms with E-state index in [1.807, 2.05) is 36.4 Å². The summed E-state index contributed by atoms with van der Waals surface area (Å²) in [5, 5.41) is 6.29. The SMILES string of the molecule is Cc1nc(NCc2ccccc2C)cc(C(=O)Nc2ccccc2C(C)C)n1. The Morgan fingerprint density at radius 1 is 1.00 bits per heavy atom. The maximum absolute atomic E-state index is 12.8. The second kappa shape index (κ2) is 8.65. The summed E-state index contributed by atoms with van der Waals surface area (Å²) < 4.78 is 0. The highest BCUT2D eigenvalue weighted by Gasteiger charge is 2.14. The van der Waals surface area contributed by atoms with E-state index in [-0.39, 0.29) is 5.91 Å². The van der Waals surface area contributed by atoms with Crippen LogP contribution < -0.4 is 10.6 Å². The predicted octanol–water partition coefficient (Wildman–Crippen LogP) is 5.08. The summed E-state index contributed by atoms with van der Waals surface area (Å²) in [5.74, 6) is 1.27. The molecule has 144 valence electrons. The van der Waals surface area contributed by atoms with Crippen LogP contribution in [0, 0.1) is 13.8 Å². The monoisotopic (exact) mass is 374 g/mol. The molecule has 0 aliphatic rings.